The zero-order chi connectivity index (χ0) is 31.3. The summed E-state index contributed by atoms with van der Waals surface area (Å²) in [6, 6.07) is 3.37. The highest BCUT2D eigenvalue weighted by molar-refractivity contribution is 5.93. The molecule has 0 radical (unpaired) electrons. The first-order valence-corrected chi connectivity index (χ1v) is 15.0. The van der Waals surface area contributed by atoms with Crippen molar-refractivity contribution in [3.63, 3.8) is 0 Å². The fourth-order valence-electron chi connectivity index (χ4n) is 4.66. The van der Waals surface area contributed by atoms with E-state index in [0.29, 0.717) is 18.9 Å². The van der Waals surface area contributed by atoms with Crippen LogP contribution in [0.2, 0.25) is 0 Å². The number of hydrogen-bond acceptors (Lipinski definition) is 5. The number of carbonyl (C=O) groups is 4. The standard InChI is InChI=1S/C32H54N4O5/c1-10-11-12-20-34-29(38)28(25-15-13-14-22(4)24(25)6)36(23(5)17-16-21(2)3)30(39)26(18-19-27(33)37)35-31(40)41-32(7,8)9/h13-15,21,23,26,28H,10-12,16-20H2,1-9H3,(H2,33,37)(H,34,38)(H,35,40). The van der Waals surface area contributed by atoms with Crippen molar-refractivity contribution < 1.29 is 23.9 Å². The zero-order valence-electron chi connectivity index (χ0n) is 26.8. The van der Waals surface area contributed by atoms with Crippen LogP contribution in [0.4, 0.5) is 4.79 Å². The molecule has 0 aliphatic heterocycles. The van der Waals surface area contributed by atoms with Gasteiger partial charge in [-0.2, -0.15) is 0 Å². The molecule has 0 aliphatic carbocycles. The van der Waals surface area contributed by atoms with E-state index >= 15 is 0 Å². The third-order valence-corrected chi connectivity index (χ3v) is 7.11. The van der Waals surface area contributed by atoms with Crippen LogP contribution in [0.15, 0.2) is 18.2 Å². The number of nitrogens with one attached hydrogen (secondary N) is 2. The summed E-state index contributed by atoms with van der Waals surface area (Å²) in [5.74, 6) is -0.927. The quantitative estimate of drug-likeness (QED) is 0.226. The van der Waals surface area contributed by atoms with Crippen LogP contribution in [-0.2, 0) is 19.1 Å². The average molecular weight is 575 g/mol. The largest absolute Gasteiger partial charge is 0.444 e. The summed E-state index contributed by atoms with van der Waals surface area (Å²) >= 11 is 0. The number of benzene rings is 1. The van der Waals surface area contributed by atoms with E-state index in [2.05, 4.69) is 31.4 Å². The lowest BCUT2D eigenvalue weighted by Gasteiger charge is -2.39. The van der Waals surface area contributed by atoms with Crippen LogP contribution in [-0.4, -0.2) is 52.9 Å². The molecule has 0 fully saturated rings. The molecule has 4 amide bonds. The van der Waals surface area contributed by atoms with E-state index < -0.39 is 35.6 Å². The van der Waals surface area contributed by atoms with E-state index in [4.69, 9.17) is 10.5 Å². The summed E-state index contributed by atoms with van der Waals surface area (Å²) in [5, 5.41) is 5.73. The second kappa shape index (κ2) is 17.0. The Morgan fingerprint density at radius 1 is 1.00 bits per heavy atom. The molecule has 1 aromatic rings. The molecule has 1 aromatic carbocycles. The molecular weight excluding hydrogens is 520 g/mol. The number of primary amides is 1. The third-order valence-electron chi connectivity index (χ3n) is 7.11. The van der Waals surface area contributed by atoms with Gasteiger partial charge in [-0.05, 0) is 89.8 Å². The Bertz CT molecular complexity index is 1020. The number of carbonyl (C=O) groups excluding carboxylic acids is 4. The van der Waals surface area contributed by atoms with Gasteiger partial charge in [0.1, 0.15) is 17.7 Å². The van der Waals surface area contributed by atoms with Crippen molar-refractivity contribution in [1.82, 2.24) is 15.5 Å². The summed E-state index contributed by atoms with van der Waals surface area (Å²) in [6.07, 6.45) is 3.43. The SMILES string of the molecule is CCCCCNC(=O)C(c1cccc(C)c1C)N(C(=O)C(CCC(N)=O)NC(=O)OC(C)(C)C)C(C)CCC(C)C. The van der Waals surface area contributed by atoms with Gasteiger partial charge >= 0.3 is 6.09 Å². The van der Waals surface area contributed by atoms with E-state index in [-0.39, 0.29) is 24.8 Å². The molecule has 1 rings (SSSR count). The Morgan fingerprint density at radius 3 is 2.22 bits per heavy atom. The molecule has 0 spiro atoms. The molecule has 0 saturated heterocycles. The predicted octanol–water partition coefficient (Wildman–Crippen LogP) is 5.46. The van der Waals surface area contributed by atoms with Crippen LogP contribution in [0.1, 0.15) is 116 Å². The molecule has 0 aromatic heterocycles. The second-order valence-electron chi connectivity index (χ2n) is 12.5. The summed E-state index contributed by atoms with van der Waals surface area (Å²) in [7, 11) is 0. The lowest BCUT2D eigenvalue weighted by molar-refractivity contribution is -0.145. The Labute approximate surface area is 247 Å². The van der Waals surface area contributed by atoms with Crippen LogP contribution < -0.4 is 16.4 Å². The maximum Gasteiger partial charge on any atom is 0.408 e. The van der Waals surface area contributed by atoms with E-state index in [9.17, 15) is 19.2 Å². The summed E-state index contributed by atoms with van der Waals surface area (Å²) in [5.41, 5.74) is 7.30. The summed E-state index contributed by atoms with van der Waals surface area (Å²) in [4.78, 5) is 54.6. The Hall–Kier alpha value is -3.10. The Balaban J connectivity index is 3.67. The van der Waals surface area contributed by atoms with Crippen molar-refractivity contribution in [2.45, 2.75) is 131 Å². The number of nitrogens with two attached hydrogens (primary N) is 1. The molecule has 0 aliphatic rings. The van der Waals surface area contributed by atoms with E-state index in [0.717, 1.165) is 42.4 Å². The molecule has 0 saturated carbocycles. The van der Waals surface area contributed by atoms with Gasteiger partial charge in [-0.15, -0.1) is 0 Å². The monoisotopic (exact) mass is 574 g/mol. The first-order chi connectivity index (χ1) is 19.1. The topological polar surface area (TPSA) is 131 Å². The molecule has 0 heterocycles. The first-order valence-electron chi connectivity index (χ1n) is 15.0. The van der Waals surface area contributed by atoms with Gasteiger partial charge in [0, 0.05) is 19.0 Å². The number of aryl methyl sites for hydroxylation is 1. The van der Waals surface area contributed by atoms with Gasteiger partial charge in [0.05, 0.1) is 0 Å². The number of alkyl carbamates (subject to hydrolysis) is 1. The Kier molecular flexibility index (Phi) is 14.9. The number of rotatable bonds is 16. The fraction of sp³-hybridized carbons (Fsp3) is 0.688. The summed E-state index contributed by atoms with van der Waals surface area (Å²) < 4.78 is 5.43. The van der Waals surface area contributed by atoms with Crippen LogP contribution >= 0.6 is 0 Å². The number of nitrogens with zero attached hydrogens (tertiary/aromatic N) is 1. The molecule has 3 atom stereocenters. The predicted molar refractivity (Wildman–Crippen MR) is 163 cm³/mol. The average Bonchev–Trinajstić information content (AvgIpc) is 2.86. The molecule has 9 heteroatoms. The second-order valence-corrected chi connectivity index (χ2v) is 12.5. The molecule has 4 N–H and O–H groups in total. The first kappa shape index (κ1) is 35.9. The van der Waals surface area contributed by atoms with Crippen LogP contribution in [0.5, 0.6) is 0 Å². The number of unbranched alkanes of at least 4 members (excludes halogenated alkanes) is 2. The third kappa shape index (κ3) is 12.5. The normalized spacial score (nSPS) is 13.7. The maximum absolute atomic E-state index is 14.5. The van der Waals surface area contributed by atoms with Crippen molar-refractivity contribution in [1.29, 1.82) is 0 Å². The minimum atomic E-state index is -1.11. The maximum atomic E-state index is 14.5. The van der Waals surface area contributed by atoms with Crippen molar-refractivity contribution in [3.8, 4) is 0 Å². The highest BCUT2D eigenvalue weighted by Gasteiger charge is 2.39. The van der Waals surface area contributed by atoms with Gasteiger partial charge in [0.25, 0.3) is 0 Å². The number of amides is 4. The van der Waals surface area contributed by atoms with Crippen LogP contribution in [0.3, 0.4) is 0 Å². The lowest BCUT2D eigenvalue weighted by Crippen LogP contribution is -2.56. The highest BCUT2D eigenvalue weighted by atomic mass is 16.6. The van der Waals surface area contributed by atoms with Crippen molar-refractivity contribution in [2.75, 3.05) is 6.54 Å². The smallest absolute Gasteiger partial charge is 0.408 e. The van der Waals surface area contributed by atoms with Crippen molar-refractivity contribution in [3.05, 3.63) is 34.9 Å². The molecular formula is C32H54N4O5. The lowest BCUT2D eigenvalue weighted by atomic mass is 9.92. The van der Waals surface area contributed by atoms with Gasteiger partial charge in [-0.1, -0.05) is 51.8 Å². The van der Waals surface area contributed by atoms with Gasteiger partial charge in [0.15, 0.2) is 0 Å². The van der Waals surface area contributed by atoms with Gasteiger partial charge < -0.3 is 26.0 Å². The van der Waals surface area contributed by atoms with E-state index in [1.54, 1.807) is 25.7 Å². The van der Waals surface area contributed by atoms with Gasteiger partial charge in [-0.3, -0.25) is 14.4 Å². The van der Waals surface area contributed by atoms with Crippen LogP contribution in [0.25, 0.3) is 0 Å². The van der Waals surface area contributed by atoms with Crippen molar-refractivity contribution in [2.24, 2.45) is 11.7 Å². The van der Waals surface area contributed by atoms with E-state index in [1.807, 2.05) is 39.0 Å². The van der Waals surface area contributed by atoms with Crippen molar-refractivity contribution >= 4 is 23.8 Å². The van der Waals surface area contributed by atoms with Gasteiger partial charge in [0.2, 0.25) is 17.7 Å². The number of ether oxygens (including phenoxy) is 1. The van der Waals surface area contributed by atoms with Crippen LogP contribution in [0, 0.1) is 19.8 Å². The van der Waals surface area contributed by atoms with E-state index in [1.165, 1.54) is 0 Å². The molecule has 3 unspecified atom stereocenters. The fourth-order valence-corrected chi connectivity index (χ4v) is 4.66. The molecule has 9 nitrogen and oxygen atoms in total. The molecule has 41 heavy (non-hydrogen) atoms. The minimum Gasteiger partial charge on any atom is -0.444 e. The number of hydrogen-bond donors (Lipinski definition) is 3. The Morgan fingerprint density at radius 2 is 1.66 bits per heavy atom. The minimum absolute atomic E-state index is 0.0154. The molecule has 0 bridgehead atoms. The van der Waals surface area contributed by atoms with Gasteiger partial charge in [-0.25, -0.2) is 4.79 Å². The molecule has 232 valence electrons. The zero-order valence-corrected chi connectivity index (χ0v) is 26.8. The summed E-state index contributed by atoms with van der Waals surface area (Å²) in [6.45, 7) is 17.9. The highest BCUT2D eigenvalue weighted by Crippen LogP contribution is 2.31.